The molecule has 2 heterocycles. The van der Waals surface area contributed by atoms with Crippen molar-refractivity contribution in [1.82, 2.24) is 15.2 Å². The molecule has 0 radical (unpaired) electrons. The van der Waals surface area contributed by atoms with Crippen LogP contribution in [0.2, 0.25) is 0 Å². The molecule has 0 bridgehead atoms. The number of pyridine rings is 1. The maximum Gasteiger partial charge on any atom is 0.261 e. The van der Waals surface area contributed by atoms with Crippen LogP contribution in [0, 0.1) is 0 Å². The molecule has 116 valence electrons. The van der Waals surface area contributed by atoms with Gasteiger partial charge in [0.2, 0.25) is 5.91 Å². The first-order valence-electron chi connectivity index (χ1n) is 7.28. The Bertz CT molecular complexity index is 724. The lowest BCUT2D eigenvalue weighted by Gasteiger charge is -2.13. The summed E-state index contributed by atoms with van der Waals surface area (Å²) in [4.78, 5) is 41.4. The molecule has 3 rings (SSSR count). The van der Waals surface area contributed by atoms with E-state index in [-0.39, 0.29) is 30.7 Å². The Labute approximate surface area is 133 Å². The standard InChI is InChI=1S/C17H15N3O3/c21-15(19-11-12-5-3-4-9-18-12)8-10-20-16(22)13-6-1-2-7-14(13)17(20)23/h1-7,9H,8,10-11H2,(H,19,21). The van der Waals surface area contributed by atoms with Gasteiger partial charge < -0.3 is 5.32 Å². The average Bonchev–Trinajstić information content (AvgIpc) is 2.83. The summed E-state index contributed by atoms with van der Waals surface area (Å²) in [5, 5.41) is 2.72. The minimum Gasteiger partial charge on any atom is -0.350 e. The predicted octanol–water partition coefficient (Wildman–Crippen LogP) is 1.38. The summed E-state index contributed by atoms with van der Waals surface area (Å²) < 4.78 is 0. The van der Waals surface area contributed by atoms with E-state index in [1.54, 1.807) is 36.5 Å². The Morgan fingerprint density at radius 1 is 1.00 bits per heavy atom. The molecule has 1 N–H and O–H groups in total. The molecule has 0 aliphatic carbocycles. The molecular weight excluding hydrogens is 294 g/mol. The van der Waals surface area contributed by atoms with Crippen LogP contribution in [-0.2, 0) is 11.3 Å². The first-order chi connectivity index (χ1) is 11.2. The summed E-state index contributed by atoms with van der Waals surface area (Å²) in [5.41, 5.74) is 1.54. The van der Waals surface area contributed by atoms with Gasteiger partial charge in [-0.25, -0.2) is 0 Å². The number of hydrogen-bond donors (Lipinski definition) is 1. The highest BCUT2D eigenvalue weighted by Crippen LogP contribution is 2.22. The molecule has 0 saturated heterocycles. The van der Waals surface area contributed by atoms with Gasteiger partial charge in [0.25, 0.3) is 11.8 Å². The van der Waals surface area contributed by atoms with Crippen molar-refractivity contribution in [1.29, 1.82) is 0 Å². The second-order valence-electron chi connectivity index (χ2n) is 5.16. The molecule has 0 spiro atoms. The first-order valence-corrected chi connectivity index (χ1v) is 7.28. The average molecular weight is 309 g/mol. The van der Waals surface area contributed by atoms with Crippen LogP contribution in [0.5, 0.6) is 0 Å². The summed E-state index contributed by atoms with van der Waals surface area (Å²) in [5.74, 6) is -0.918. The fraction of sp³-hybridized carbons (Fsp3) is 0.176. The van der Waals surface area contributed by atoms with Gasteiger partial charge in [0.1, 0.15) is 0 Å². The maximum atomic E-state index is 12.2. The zero-order chi connectivity index (χ0) is 16.2. The van der Waals surface area contributed by atoms with Crippen LogP contribution in [0.1, 0.15) is 32.8 Å². The minimum atomic E-state index is -0.344. The normalized spacial score (nSPS) is 13.1. The molecule has 3 amide bonds. The van der Waals surface area contributed by atoms with Gasteiger partial charge in [-0.3, -0.25) is 24.3 Å². The van der Waals surface area contributed by atoms with Crippen molar-refractivity contribution in [3.05, 3.63) is 65.5 Å². The van der Waals surface area contributed by atoms with Gasteiger partial charge in [-0.05, 0) is 24.3 Å². The summed E-state index contributed by atoms with van der Waals surface area (Å²) in [6, 6.07) is 12.1. The Morgan fingerprint density at radius 3 is 2.26 bits per heavy atom. The summed E-state index contributed by atoms with van der Waals surface area (Å²) in [6.07, 6.45) is 1.72. The molecule has 1 aliphatic rings. The van der Waals surface area contributed by atoms with Gasteiger partial charge in [-0.2, -0.15) is 0 Å². The zero-order valence-electron chi connectivity index (χ0n) is 12.4. The summed E-state index contributed by atoms with van der Waals surface area (Å²) in [7, 11) is 0. The molecule has 1 aliphatic heterocycles. The van der Waals surface area contributed by atoms with E-state index in [4.69, 9.17) is 0 Å². The van der Waals surface area contributed by atoms with E-state index in [1.807, 2.05) is 12.1 Å². The highest BCUT2D eigenvalue weighted by Gasteiger charge is 2.34. The van der Waals surface area contributed by atoms with Crippen LogP contribution in [0.4, 0.5) is 0 Å². The number of rotatable bonds is 5. The third kappa shape index (κ3) is 3.11. The molecule has 0 saturated carbocycles. The van der Waals surface area contributed by atoms with Crippen molar-refractivity contribution in [3.63, 3.8) is 0 Å². The molecule has 1 aromatic carbocycles. The van der Waals surface area contributed by atoms with E-state index in [1.165, 1.54) is 0 Å². The van der Waals surface area contributed by atoms with E-state index < -0.39 is 0 Å². The van der Waals surface area contributed by atoms with Crippen LogP contribution in [0.15, 0.2) is 48.7 Å². The predicted molar refractivity (Wildman–Crippen MR) is 82.5 cm³/mol. The number of nitrogens with one attached hydrogen (secondary N) is 1. The van der Waals surface area contributed by atoms with Crippen molar-refractivity contribution in [3.8, 4) is 0 Å². The van der Waals surface area contributed by atoms with Gasteiger partial charge in [0, 0.05) is 19.2 Å². The molecule has 23 heavy (non-hydrogen) atoms. The van der Waals surface area contributed by atoms with E-state index in [9.17, 15) is 14.4 Å². The molecule has 0 atom stereocenters. The molecule has 6 heteroatoms. The van der Waals surface area contributed by atoms with Crippen LogP contribution in [0.25, 0.3) is 0 Å². The van der Waals surface area contributed by atoms with E-state index in [0.29, 0.717) is 17.7 Å². The number of hydrogen-bond acceptors (Lipinski definition) is 4. The van der Waals surface area contributed by atoms with Gasteiger partial charge in [0.15, 0.2) is 0 Å². The molecule has 2 aromatic rings. The maximum absolute atomic E-state index is 12.2. The zero-order valence-corrected chi connectivity index (χ0v) is 12.4. The van der Waals surface area contributed by atoms with Crippen molar-refractivity contribution >= 4 is 17.7 Å². The molecule has 0 unspecified atom stereocenters. The Morgan fingerprint density at radius 2 is 1.65 bits per heavy atom. The van der Waals surface area contributed by atoms with Crippen LogP contribution in [-0.4, -0.2) is 34.2 Å². The van der Waals surface area contributed by atoms with Crippen molar-refractivity contribution in [2.45, 2.75) is 13.0 Å². The van der Waals surface area contributed by atoms with E-state index in [0.717, 1.165) is 10.6 Å². The van der Waals surface area contributed by atoms with Crippen LogP contribution in [0.3, 0.4) is 0 Å². The Hall–Kier alpha value is -3.02. The van der Waals surface area contributed by atoms with Crippen molar-refractivity contribution in [2.24, 2.45) is 0 Å². The Balaban J connectivity index is 1.54. The lowest BCUT2D eigenvalue weighted by Crippen LogP contribution is -2.34. The molecule has 1 aromatic heterocycles. The molecule has 0 fully saturated rings. The first kappa shape index (κ1) is 14.9. The lowest BCUT2D eigenvalue weighted by molar-refractivity contribution is -0.121. The molecular formula is C17H15N3O3. The third-order valence-corrected chi connectivity index (χ3v) is 3.63. The smallest absolute Gasteiger partial charge is 0.261 e. The number of carbonyl (C=O) groups excluding carboxylic acids is 3. The summed E-state index contributed by atoms with van der Waals surface area (Å²) >= 11 is 0. The number of amides is 3. The van der Waals surface area contributed by atoms with Crippen LogP contribution >= 0.6 is 0 Å². The number of imide groups is 1. The largest absolute Gasteiger partial charge is 0.350 e. The third-order valence-electron chi connectivity index (χ3n) is 3.63. The van der Waals surface area contributed by atoms with E-state index >= 15 is 0 Å². The van der Waals surface area contributed by atoms with Gasteiger partial charge in [0.05, 0.1) is 23.4 Å². The fourth-order valence-electron chi connectivity index (χ4n) is 2.44. The quantitative estimate of drug-likeness (QED) is 0.846. The van der Waals surface area contributed by atoms with Crippen LogP contribution < -0.4 is 5.32 Å². The lowest BCUT2D eigenvalue weighted by atomic mass is 10.1. The number of benzene rings is 1. The number of carbonyl (C=O) groups is 3. The number of fused-ring (bicyclic) bond motifs is 1. The van der Waals surface area contributed by atoms with Gasteiger partial charge in [-0.1, -0.05) is 18.2 Å². The van der Waals surface area contributed by atoms with Gasteiger partial charge >= 0.3 is 0 Å². The highest BCUT2D eigenvalue weighted by atomic mass is 16.2. The highest BCUT2D eigenvalue weighted by molar-refractivity contribution is 6.21. The fourth-order valence-corrected chi connectivity index (χ4v) is 2.44. The van der Waals surface area contributed by atoms with Gasteiger partial charge in [-0.15, -0.1) is 0 Å². The number of aromatic nitrogens is 1. The summed E-state index contributed by atoms with van der Waals surface area (Å²) in [6.45, 7) is 0.391. The SMILES string of the molecule is O=C(CCN1C(=O)c2ccccc2C1=O)NCc1ccccn1. The number of nitrogens with zero attached hydrogens (tertiary/aromatic N) is 2. The second-order valence-corrected chi connectivity index (χ2v) is 5.16. The second kappa shape index (κ2) is 6.39. The minimum absolute atomic E-state index is 0.0678. The van der Waals surface area contributed by atoms with E-state index in [2.05, 4.69) is 10.3 Å². The van der Waals surface area contributed by atoms with Crippen molar-refractivity contribution in [2.75, 3.05) is 6.54 Å². The monoisotopic (exact) mass is 309 g/mol. The molecule has 6 nitrogen and oxygen atoms in total. The van der Waals surface area contributed by atoms with Crippen molar-refractivity contribution < 1.29 is 14.4 Å². The Kier molecular flexibility index (Phi) is 4.14. The topological polar surface area (TPSA) is 79.4 Å².